The highest BCUT2D eigenvalue weighted by atomic mass is 28.4. The maximum absolute atomic E-state index is 10.7. The van der Waals surface area contributed by atoms with Crippen molar-refractivity contribution in [1.82, 2.24) is 20.4 Å². The number of aliphatic hydroxyl groups excluding tert-OH is 3. The van der Waals surface area contributed by atoms with Crippen molar-refractivity contribution in [3.8, 4) is 0 Å². The maximum atomic E-state index is 10.7. The monoisotopic (exact) mass is 763 g/mol. The van der Waals surface area contributed by atoms with E-state index in [1.807, 2.05) is 0 Å². The second kappa shape index (κ2) is 31.1. The molecule has 19 heteroatoms. The Morgan fingerprint density at radius 3 is 1.66 bits per heavy atom. The molecule has 302 valence electrons. The van der Waals surface area contributed by atoms with Gasteiger partial charge in [0.15, 0.2) is 0 Å². The number of unbranched alkanes of at least 4 members (excludes halogenated alkanes) is 1. The van der Waals surface area contributed by atoms with Crippen molar-refractivity contribution < 1.29 is 58.3 Å². The van der Waals surface area contributed by atoms with Crippen molar-refractivity contribution >= 4 is 17.6 Å². The van der Waals surface area contributed by atoms with Crippen LogP contribution in [0, 0.1) is 5.92 Å². The average Bonchev–Trinajstić information content (AvgIpc) is 3.03. The molecule has 0 heterocycles. The molecular formula is C31H73N5O12Si2. The fourth-order valence-electron chi connectivity index (χ4n) is 5.15. The van der Waals surface area contributed by atoms with E-state index in [1.54, 1.807) is 0 Å². The summed E-state index contributed by atoms with van der Waals surface area (Å²) in [5.41, 5.74) is 5.88. The smallest absolute Gasteiger partial charge is 0.390 e. The molecule has 0 aromatic rings. The first-order chi connectivity index (χ1) is 23.7. The molecule has 17 nitrogen and oxygen atoms in total. The van der Waals surface area contributed by atoms with Gasteiger partial charge in [-0.2, -0.15) is 0 Å². The van der Waals surface area contributed by atoms with Crippen LogP contribution in [0.5, 0.6) is 0 Å². The third-order valence-electron chi connectivity index (χ3n) is 8.01. The first kappa shape index (κ1) is 49.8. The molecule has 0 saturated heterocycles. The highest BCUT2D eigenvalue weighted by Gasteiger charge is 2.26. The molecule has 0 bridgehead atoms. The molecule has 0 aliphatic heterocycles. The van der Waals surface area contributed by atoms with Crippen LogP contribution in [0.3, 0.4) is 0 Å². The highest BCUT2D eigenvalue weighted by Crippen LogP contribution is 2.13. The molecule has 0 spiro atoms. The van der Waals surface area contributed by atoms with E-state index in [0.717, 1.165) is 19.3 Å². The van der Waals surface area contributed by atoms with Gasteiger partial charge in [0.05, 0.1) is 38.1 Å². The lowest BCUT2D eigenvalue weighted by atomic mass is 10.0. The number of nitrogens with two attached hydrogens (primary N) is 1. The number of rotatable bonds is 37. The van der Waals surface area contributed by atoms with Gasteiger partial charge in [0, 0.05) is 104 Å². The molecule has 0 saturated carbocycles. The average molecular weight is 764 g/mol. The molecule has 0 aliphatic rings. The summed E-state index contributed by atoms with van der Waals surface area (Å²) in [5.74, 6) is 0.500. The first-order valence-corrected chi connectivity index (χ1v) is 22.5. The second-order valence-electron chi connectivity index (χ2n) is 13.2. The number of aliphatic hydroxyl groups is 3. The van der Waals surface area contributed by atoms with Crippen molar-refractivity contribution in [3.63, 3.8) is 0 Å². The summed E-state index contributed by atoms with van der Waals surface area (Å²) < 4.78 is 16.6. The van der Waals surface area contributed by atoms with Crippen molar-refractivity contribution in [2.75, 3.05) is 112 Å². The van der Waals surface area contributed by atoms with Gasteiger partial charge in [-0.3, -0.25) is 9.80 Å². The standard InChI is InChI=1S/C31H73N5O12Si2/c1-3-5-8-28(4-2)24-48-27-31(39)22-35(13-9-32)15-16-36(23-30(38)26-47-18-7-20-50(43,44)45)14-12-33-10-11-34-21-29(37)25-46-17-6-19-49(40,41)42/h28-31,33-34,37-45H,3-27,32H2,1-2H3. The Morgan fingerprint density at radius 1 is 0.620 bits per heavy atom. The molecule has 0 amide bonds. The van der Waals surface area contributed by atoms with E-state index in [-0.39, 0.29) is 51.5 Å². The normalized spacial score (nSPS) is 15.2. The number of nitrogens with zero attached hydrogens (tertiary/aromatic N) is 2. The molecule has 13 N–H and O–H groups in total. The van der Waals surface area contributed by atoms with E-state index in [2.05, 4.69) is 34.3 Å². The molecule has 0 fully saturated rings. The van der Waals surface area contributed by atoms with Crippen LogP contribution in [0.1, 0.15) is 52.4 Å². The molecule has 4 atom stereocenters. The Bertz CT molecular complexity index is 762. The Labute approximate surface area is 302 Å². The van der Waals surface area contributed by atoms with E-state index >= 15 is 0 Å². The number of hydrogen-bond donors (Lipinski definition) is 12. The largest absolute Gasteiger partial charge is 0.492 e. The zero-order chi connectivity index (χ0) is 37.7. The van der Waals surface area contributed by atoms with Gasteiger partial charge in [0.2, 0.25) is 0 Å². The lowest BCUT2D eigenvalue weighted by Gasteiger charge is -2.30. The molecule has 0 radical (unpaired) electrons. The van der Waals surface area contributed by atoms with Gasteiger partial charge in [-0.1, -0.05) is 33.1 Å². The fourth-order valence-corrected chi connectivity index (χ4v) is 6.39. The summed E-state index contributed by atoms with van der Waals surface area (Å²) in [6, 6.07) is -0.233. The van der Waals surface area contributed by atoms with Gasteiger partial charge < -0.3 is 74.7 Å². The summed E-state index contributed by atoms with van der Waals surface area (Å²) >= 11 is 0. The molecule has 4 unspecified atom stereocenters. The van der Waals surface area contributed by atoms with Crippen LogP contribution in [0.4, 0.5) is 0 Å². The van der Waals surface area contributed by atoms with Gasteiger partial charge in [-0.05, 0) is 25.2 Å². The van der Waals surface area contributed by atoms with Crippen LogP contribution in [-0.4, -0.2) is 201 Å². The Kier molecular flexibility index (Phi) is 31.0. The summed E-state index contributed by atoms with van der Waals surface area (Å²) in [6.07, 6.45) is 2.91. The molecule has 0 rings (SSSR count). The van der Waals surface area contributed by atoms with Crippen LogP contribution in [0.15, 0.2) is 0 Å². The molecule has 0 aromatic heterocycles. The van der Waals surface area contributed by atoms with Gasteiger partial charge in [0.25, 0.3) is 0 Å². The van der Waals surface area contributed by atoms with Crippen LogP contribution < -0.4 is 16.4 Å². The van der Waals surface area contributed by atoms with Gasteiger partial charge >= 0.3 is 17.6 Å². The topological polar surface area (TPSA) is 266 Å². The lowest BCUT2D eigenvalue weighted by Crippen LogP contribution is -2.46. The van der Waals surface area contributed by atoms with Gasteiger partial charge in [-0.15, -0.1) is 0 Å². The van der Waals surface area contributed by atoms with E-state index in [4.69, 9.17) is 48.7 Å². The predicted octanol–water partition coefficient (Wildman–Crippen LogP) is -3.31. The van der Waals surface area contributed by atoms with Crippen molar-refractivity contribution in [2.45, 2.75) is 82.8 Å². The number of ether oxygens (including phenoxy) is 3. The minimum absolute atomic E-state index is 0.0586. The lowest BCUT2D eigenvalue weighted by molar-refractivity contribution is -0.00114. The summed E-state index contributed by atoms with van der Waals surface area (Å²) in [4.78, 5) is 58.6. The molecular weight excluding hydrogens is 691 g/mol. The van der Waals surface area contributed by atoms with Crippen LogP contribution >= 0.6 is 0 Å². The highest BCUT2D eigenvalue weighted by molar-refractivity contribution is 6.56. The van der Waals surface area contributed by atoms with Crippen LogP contribution in [0.25, 0.3) is 0 Å². The Morgan fingerprint density at radius 2 is 1.14 bits per heavy atom. The molecule has 50 heavy (non-hydrogen) atoms. The minimum Gasteiger partial charge on any atom is -0.390 e. The number of hydrogen-bond acceptors (Lipinski definition) is 17. The van der Waals surface area contributed by atoms with Crippen molar-refractivity contribution in [3.05, 3.63) is 0 Å². The van der Waals surface area contributed by atoms with E-state index in [0.29, 0.717) is 90.9 Å². The fraction of sp³-hybridized carbons (Fsp3) is 1.00. The molecule has 0 aliphatic carbocycles. The van der Waals surface area contributed by atoms with Crippen LogP contribution in [-0.2, 0) is 14.2 Å². The summed E-state index contributed by atoms with van der Waals surface area (Å²) in [6.45, 7) is 11.6. The minimum atomic E-state index is -4.11. The van der Waals surface area contributed by atoms with E-state index in [1.165, 1.54) is 6.42 Å². The third kappa shape index (κ3) is 33.6. The third-order valence-corrected chi connectivity index (χ3v) is 10.1. The number of nitrogens with one attached hydrogen (secondary N) is 2. The van der Waals surface area contributed by atoms with E-state index < -0.39 is 35.9 Å². The predicted molar refractivity (Wildman–Crippen MR) is 195 cm³/mol. The molecule has 0 aromatic carbocycles. The zero-order valence-electron chi connectivity index (χ0n) is 30.7. The van der Waals surface area contributed by atoms with Gasteiger partial charge in [0.1, 0.15) is 0 Å². The second-order valence-corrected chi connectivity index (χ2v) is 17.3. The summed E-state index contributed by atoms with van der Waals surface area (Å²) in [5, 5.41) is 37.9. The quantitative estimate of drug-likeness (QED) is 0.0218. The summed E-state index contributed by atoms with van der Waals surface area (Å²) in [7, 11) is -8.16. The Balaban J connectivity index is 4.72. The van der Waals surface area contributed by atoms with Crippen molar-refractivity contribution in [2.24, 2.45) is 11.7 Å². The SMILES string of the molecule is CCCCC(CC)COCC(O)CN(CCN)CCN(CCNCCNCC(O)COCCC[Si](O)(O)O)CC(O)COCCC[Si](O)(O)O. The van der Waals surface area contributed by atoms with Gasteiger partial charge in [-0.25, -0.2) is 0 Å². The first-order valence-electron chi connectivity index (χ1n) is 18.4. The van der Waals surface area contributed by atoms with Crippen LogP contribution in [0.2, 0.25) is 12.1 Å². The zero-order valence-corrected chi connectivity index (χ0v) is 32.7. The van der Waals surface area contributed by atoms with E-state index in [9.17, 15) is 15.3 Å². The maximum Gasteiger partial charge on any atom is 0.492 e. The Hall–Kier alpha value is -0.246. The van der Waals surface area contributed by atoms with Crippen molar-refractivity contribution in [1.29, 1.82) is 0 Å².